The molecular weight excluding hydrogens is 333 g/mol. The minimum atomic E-state index is -0.291. The van der Waals surface area contributed by atoms with Crippen LogP contribution in [-0.2, 0) is 4.74 Å². The van der Waals surface area contributed by atoms with Crippen LogP contribution in [0.4, 0.5) is 10.4 Å². The summed E-state index contributed by atoms with van der Waals surface area (Å²) >= 11 is 0. The van der Waals surface area contributed by atoms with E-state index in [-0.39, 0.29) is 5.82 Å². The molecule has 3 aromatic rings. The molecule has 1 aromatic heterocycles. The molecule has 1 saturated heterocycles. The molecule has 0 spiro atoms. The summed E-state index contributed by atoms with van der Waals surface area (Å²) in [5, 5.41) is 4.05. The fraction of sp³-hybridized carbons (Fsp3) is 0.200. The van der Waals surface area contributed by atoms with Gasteiger partial charge in [-0.2, -0.15) is 4.98 Å². The summed E-state index contributed by atoms with van der Waals surface area (Å²) in [7, 11) is 0. The van der Waals surface area contributed by atoms with Crippen LogP contribution in [0.15, 0.2) is 53.1 Å². The smallest absolute Gasteiger partial charge is 0.324 e. The first-order valence-electron chi connectivity index (χ1n) is 8.32. The van der Waals surface area contributed by atoms with Gasteiger partial charge in [0.2, 0.25) is 5.82 Å². The summed E-state index contributed by atoms with van der Waals surface area (Å²) in [6.45, 7) is 2.82. The lowest BCUT2D eigenvalue weighted by molar-refractivity contribution is 0.119. The molecule has 0 unspecified atom stereocenters. The van der Waals surface area contributed by atoms with Crippen molar-refractivity contribution in [3.05, 3.63) is 65.5 Å². The van der Waals surface area contributed by atoms with Gasteiger partial charge in [0.25, 0.3) is 0 Å². The molecule has 0 aliphatic carbocycles. The van der Waals surface area contributed by atoms with Crippen molar-refractivity contribution in [1.82, 2.24) is 10.1 Å². The topological polar surface area (TPSA) is 51.4 Å². The summed E-state index contributed by atoms with van der Waals surface area (Å²) in [6.07, 6.45) is 0. The van der Waals surface area contributed by atoms with Crippen molar-refractivity contribution >= 4 is 6.01 Å². The second-order valence-electron chi connectivity index (χ2n) is 5.84. The zero-order valence-electron chi connectivity index (χ0n) is 14.0. The van der Waals surface area contributed by atoms with Gasteiger partial charge in [-0.1, -0.05) is 23.1 Å². The highest BCUT2D eigenvalue weighted by Gasteiger charge is 2.18. The van der Waals surface area contributed by atoms with Crippen molar-refractivity contribution in [2.24, 2.45) is 0 Å². The second-order valence-corrected chi connectivity index (χ2v) is 5.84. The first-order valence-corrected chi connectivity index (χ1v) is 8.32. The third-order valence-corrected chi connectivity index (χ3v) is 4.02. The fourth-order valence-electron chi connectivity index (χ4n) is 2.63. The van der Waals surface area contributed by atoms with E-state index in [1.807, 2.05) is 29.2 Å². The number of ether oxygens (including phenoxy) is 1. The van der Waals surface area contributed by atoms with Crippen molar-refractivity contribution in [2.75, 3.05) is 31.2 Å². The Labute approximate surface area is 150 Å². The summed E-state index contributed by atoms with van der Waals surface area (Å²) < 4.78 is 23.8. The van der Waals surface area contributed by atoms with Gasteiger partial charge < -0.3 is 14.2 Å². The minimum absolute atomic E-state index is 0.291. The van der Waals surface area contributed by atoms with E-state index in [9.17, 15) is 4.39 Å². The van der Waals surface area contributed by atoms with Gasteiger partial charge in [0.05, 0.1) is 13.2 Å². The number of aromatic nitrogens is 2. The van der Waals surface area contributed by atoms with E-state index in [4.69, 9.17) is 9.26 Å². The number of morpholine rings is 1. The van der Waals surface area contributed by atoms with Crippen LogP contribution in [0.1, 0.15) is 11.1 Å². The Hall–Kier alpha value is -3.17. The Bertz CT molecular complexity index is 951. The van der Waals surface area contributed by atoms with E-state index in [0.29, 0.717) is 30.6 Å². The van der Waals surface area contributed by atoms with Crippen LogP contribution in [0, 0.1) is 17.7 Å². The molecule has 2 aromatic carbocycles. The van der Waals surface area contributed by atoms with E-state index in [1.54, 1.807) is 12.1 Å². The Morgan fingerprint density at radius 3 is 2.50 bits per heavy atom. The van der Waals surface area contributed by atoms with Crippen LogP contribution in [-0.4, -0.2) is 36.4 Å². The van der Waals surface area contributed by atoms with E-state index in [1.165, 1.54) is 12.1 Å². The largest absolute Gasteiger partial charge is 0.378 e. The molecule has 4 rings (SSSR count). The van der Waals surface area contributed by atoms with Crippen LogP contribution in [0.3, 0.4) is 0 Å². The molecule has 0 amide bonds. The van der Waals surface area contributed by atoms with Gasteiger partial charge in [-0.3, -0.25) is 0 Å². The second kappa shape index (κ2) is 7.38. The van der Waals surface area contributed by atoms with Crippen molar-refractivity contribution in [3.8, 4) is 23.2 Å². The average molecular weight is 349 g/mol. The van der Waals surface area contributed by atoms with Gasteiger partial charge in [0.15, 0.2) is 0 Å². The lowest BCUT2D eigenvalue weighted by Gasteiger charge is -2.24. The first-order chi connectivity index (χ1) is 12.8. The van der Waals surface area contributed by atoms with Crippen molar-refractivity contribution < 1.29 is 13.7 Å². The standard InChI is InChI=1S/C20H16FN3O2/c21-18-3-1-2-16(14-18)5-4-15-6-8-17(9-7-15)19-22-20(26-23-19)24-10-12-25-13-11-24/h1-3,6-9,14H,10-13H2. The minimum Gasteiger partial charge on any atom is -0.378 e. The zero-order valence-corrected chi connectivity index (χ0v) is 14.0. The molecule has 0 atom stereocenters. The van der Waals surface area contributed by atoms with Gasteiger partial charge in [-0.25, -0.2) is 4.39 Å². The number of halogens is 1. The normalized spacial score (nSPS) is 14.0. The van der Waals surface area contributed by atoms with Crippen LogP contribution in [0.25, 0.3) is 11.4 Å². The Balaban J connectivity index is 1.49. The Morgan fingerprint density at radius 1 is 0.962 bits per heavy atom. The van der Waals surface area contributed by atoms with Gasteiger partial charge in [0.1, 0.15) is 5.82 Å². The predicted molar refractivity (Wildman–Crippen MR) is 95.1 cm³/mol. The molecular formula is C20H16FN3O2. The Morgan fingerprint density at radius 2 is 1.73 bits per heavy atom. The molecule has 1 fully saturated rings. The van der Waals surface area contributed by atoms with E-state index < -0.39 is 0 Å². The van der Waals surface area contributed by atoms with Gasteiger partial charge in [-0.05, 0) is 42.5 Å². The third-order valence-electron chi connectivity index (χ3n) is 4.02. The van der Waals surface area contributed by atoms with E-state index in [2.05, 4.69) is 22.0 Å². The molecule has 1 aliphatic heterocycles. The summed E-state index contributed by atoms with van der Waals surface area (Å²) in [6, 6.07) is 14.3. The molecule has 0 bridgehead atoms. The maximum absolute atomic E-state index is 13.2. The number of hydrogen-bond acceptors (Lipinski definition) is 5. The van der Waals surface area contributed by atoms with Crippen LogP contribution >= 0.6 is 0 Å². The fourth-order valence-corrected chi connectivity index (χ4v) is 2.63. The monoisotopic (exact) mass is 349 g/mol. The lowest BCUT2D eigenvalue weighted by Crippen LogP contribution is -2.36. The molecule has 130 valence electrons. The van der Waals surface area contributed by atoms with Crippen molar-refractivity contribution in [1.29, 1.82) is 0 Å². The maximum Gasteiger partial charge on any atom is 0.324 e. The van der Waals surface area contributed by atoms with Crippen LogP contribution in [0.2, 0.25) is 0 Å². The van der Waals surface area contributed by atoms with Crippen molar-refractivity contribution in [2.45, 2.75) is 0 Å². The SMILES string of the molecule is Fc1cccc(C#Cc2ccc(-c3noc(N4CCOCC4)n3)cc2)c1. The van der Waals surface area contributed by atoms with Gasteiger partial charge in [0, 0.05) is 29.8 Å². The molecule has 26 heavy (non-hydrogen) atoms. The highest BCUT2D eigenvalue weighted by Crippen LogP contribution is 2.21. The predicted octanol–water partition coefficient (Wildman–Crippen LogP) is 3.11. The molecule has 2 heterocycles. The van der Waals surface area contributed by atoms with Crippen LogP contribution < -0.4 is 4.90 Å². The quantitative estimate of drug-likeness (QED) is 0.666. The molecule has 0 saturated carbocycles. The summed E-state index contributed by atoms with van der Waals surface area (Å²) in [5.41, 5.74) is 2.32. The van der Waals surface area contributed by atoms with E-state index >= 15 is 0 Å². The number of rotatable bonds is 2. The highest BCUT2D eigenvalue weighted by molar-refractivity contribution is 5.58. The number of benzene rings is 2. The van der Waals surface area contributed by atoms with E-state index in [0.717, 1.165) is 24.2 Å². The Kier molecular flexibility index (Phi) is 4.63. The summed E-state index contributed by atoms with van der Waals surface area (Å²) in [5.74, 6) is 6.22. The van der Waals surface area contributed by atoms with Gasteiger partial charge in [-0.15, -0.1) is 0 Å². The molecule has 5 nitrogen and oxygen atoms in total. The number of nitrogens with zero attached hydrogens (tertiary/aromatic N) is 3. The zero-order chi connectivity index (χ0) is 17.8. The first kappa shape index (κ1) is 16.3. The third kappa shape index (κ3) is 3.73. The molecule has 0 N–H and O–H groups in total. The number of anilines is 1. The molecule has 6 heteroatoms. The molecule has 1 aliphatic rings. The molecule has 0 radical (unpaired) electrons. The van der Waals surface area contributed by atoms with Crippen molar-refractivity contribution in [3.63, 3.8) is 0 Å². The van der Waals surface area contributed by atoms with Crippen LogP contribution in [0.5, 0.6) is 0 Å². The number of hydrogen-bond donors (Lipinski definition) is 0. The van der Waals surface area contributed by atoms with Gasteiger partial charge >= 0.3 is 6.01 Å². The highest BCUT2D eigenvalue weighted by atomic mass is 19.1. The maximum atomic E-state index is 13.2. The lowest BCUT2D eigenvalue weighted by atomic mass is 10.1. The summed E-state index contributed by atoms with van der Waals surface area (Å²) in [4.78, 5) is 6.46. The average Bonchev–Trinajstić information content (AvgIpc) is 3.18.